The summed E-state index contributed by atoms with van der Waals surface area (Å²) in [6.07, 6.45) is 1.68. The number of anilines is 1. The fourth-order valence-electron chi connectivity index (χ4n) is 3.12. The third-order valence-corrected chi connectivity index (χ3v) is 4.88. The lowest BCUT2D eigenvalue weighted by Crippen LogP contribution is -2.13. The van der Waals surface area contributed by atoms with Crippen LogP contribution in [0.2, 0.25) is 5.02 Å². The molecule has 4 aromatic rings. The number of carbonyl (C=O) groups is 1. The summed E-state index contributed by atoms with van der Waals surface area (Å²) in [5, 5.41) is 15.6. The van der Waals surface area contributed by atoms with Crippen molar-refractivity contribution in [2.45, 2.75) is 20.4 Å². The van der Waals surface area contributed by atoms with Crippen molar-refractivity contribution in [1.29, 1.82) is 0 Å². The van der Waals surface area contributed by atoms with Crippen molar-refractivity contribution >= 4 is 23.2 Å². The zero-order chi connectivity index (χ0) is 20.4. The third-order valence-electron chi connectivity index (χ3n) is 4.55. The predicted octanol–water partition coefficient (Wildman–Crippen LogP) is 4.83. The lowest BCUT2D eigenvalue weighted by atomic mass is 10.1. The van der Waals surface area contributed by atoms with Crippen LogP contribution in [0.25, 0.3) is 22.6 Å². The van der Waals surface area contributed by atoms with Gasteiger partial charge in [-0.15, -0.1) is 10.2 Å². The number of nitrogens with zero attached hydrogens (tertiary/aromatic N) is 4. The van der Waals surface area contributed by atoms with Gasteiger partial charge in [0, 0.05) is 23.4 Å². The first kappa shape index (κ1) is 18.9. The first-order valence-corrected chi connectivity index (χ1v) is 9.47. The highest BCUT2D eigenvalue weighted by Gasteiger charge is 2.23. The van der Waals surface area contributed by atoms with E-state index in [0.29, 0.717) is 33.3 Å². The van der Waals surface area contributed by atoms with E-state index in [2.05, 4.69) is 20.7 Å². The van der Waals surface area contributed by atoms with E-state index in [9.17, 15) is 4.79 Å². The van der Waals surface area contributed by atoms with Crippen LogP contribution in [-0.2, 0) is 6.54 Å². The highest BCUT2D eigenvalue weighted by molar-refractivity contribution is 6.33. The minimum Gasteiger partial charge on any atom is -0.360 e. The Morgan fingerprint density at radius 3 is 2.83 bits per heavy atom. The summed E-state index contributed by atoms with van der Waals surface area (Å²) < 4.78 is 7.22. The number of benzene rings is 2. The summed E-state index contributed by atoms with van der Waals surface area (Å²) in [5.74, 6) is 0.827. The van der Waals surface area contributed by atoms with Crippen molar-refractivity contribution < 1.29 is 9.32 Å². The van der Waals surface area contributed by atoms with Crippen molar-refractivity contribution in [3.8, 4) is 22.6 Å². The summed E-state index contributed by atoms with van der Waals surface area (Å²) >= 11 is 6.28. The van der Waals surface area contributed by atoms with Gasteiger partial charge in [-0.2, -0.15) is 0 Å². The maximum absolute atomic E-state index is 13.0. The molecule has 2 aromatic carbocycles. The van der Waals surface area contributed by atoms with Gasteiger partial charge in [-0.25, -0.2) is 0 Å². The van der Waals surface area contributed by atoms with E-state index in [1.54, 1.807) is 25.4 Å². The van der Waals surface area contributed by atoms with E-state index in [1.807, 2.05) is 47.9 Å². The fraction of sp³-hybridized carbons (Fsp3) is 0.143. The molecule has 4 rings (SSSR count). The molecule has 7 nitrogen and oxygen atoms in total. The molecule has 0 fully saturated rings. The monoisotopic (exact) mass is 407 g/mol. The predicted molar refractivity (Wildman–Crippen MR) is 111 cm³/mol. The van der Waals surface area contributed by atoms with Crippen LogP contribution in [0, 0.1) is 6.92 Å². The van der Waals surface area contributed by atoms with Gasteiger partial charge in [0.2, 0.25) is 0 Å². The Hall–Kier alpha value is -3.45. The van der Waals surface area contributed by atoms with E-state index < -0.39 is 0 Å². The molecule has 0 aliphatic rings. The van der Waals surface area contributed by atoms with Crippen molar-refractivity contribution in [1.82, 2.24) is 19.9 Å². The van der Waals surface area contributed by atoms with Crippen LogP contribution < -0.4 is 5.32 Å². The Bertz CT molecular complexity index is 1180. The average Bonchev–Trinajstić information content (AvgIpc) is 3.35. The molecule has 8 heteroatoms. The first-order chi connectivity index (χ1) is 14.1. The molecule has 1 amide bonds. The molecule has 29 heavy (non-hydrogen) atoms. The van der Waals surface area contributed by atoms with E-state index >= 15 is 0 Å². The topological polar surface area (TPSA) is 85.8 Å². The lowest BCUT2D eigenvalue weighted by Gasteiger charge is -2.09. The average molecular weight is 408 g/mol. The Morgan fingerprint density at radius 2 is 2.03 bits per heavy atom. The highest BCUT2D eigenvalue weighted by atomic mass is 35.5. The second-order valence-electron chi connectivity index (χ2n) is 6.42. The molecule has 0 saturated heterocycles. The van der Waals surface area contributed by atoms with Gasteiger partial charge >= 0.3 is 0 Å². The van der Waals surface area contributed by atoms with Crippen LogP contribution in [0.3, 0.4) is 0 Å². The molecule has 0 unspecified atom stereocenters. The summed E-state index contributed by atoms with van der Waals surface area (Å²) in [7, 11) is 0. The number of aryl methyl sites for hydroxylation is 2. The highest BCUT2D eigenvalue weighted by Crippen LogP contribution is 2.31. The zero-order valence-corrected chi connectivity index (χ0v) is 16.6. The SMILES string of the molecule is CCn1cnnc1-c1cccc(NC(=O)c2c(-c3ccccc3Cl)noc2C)c1. The van der Waals surface area contributed by atoms with E-state index in [1.165, 1.54) is 0 Å². The standard InChI is InChI=1S/C21H18ClN5O2/c1-3-27-12-23-25-20(27)14-7-6-8-15(11-14)24-21(28)18-13(2)29-26-19(18)16-9-4-5-10-17(16)22/h4-12H,3H2,1-2H3,(H,24,28). The molecular weight excluding hydrogens is 390 g/mol. The molecule has 2 aromatic heterocycles. The molecule has 1 N–H and O–H groups in total. The third kappa shape index (κ3) is 3.64. The van der Waals surface area contributed by atoms with Crippen LogP contribution in [0.15, 0.2) is 59.4 Å². The van der Waals surface area contributed by atoms with Gasteiger partial charge in [0.1, 0.15) is 23.3 Å². The van der Waals surface area contributed by atoms with Crippen LogP contribution in [0.4, 0.5) is 5.69 Å². The number of hydrogen-bond acceptors (Lipinski definition) is 5. The van der Waals surface area contributed by atoms with Crippen LogP contribution in [-0.4, -0.2) is 25.8 Å². The van der Waals surface area contributed by atoms with Crippen LogP contribution >= 0.6 is 11.6 Å². The molecule has 0 radical (unpaired) electrons. The van der Waals surface area contributed by atoms with E-state index in [-0.39, 0.29) is 5.91 Å². The molecule has 0 saturated carbocycles. The van der Waals surface area contributed by atoms with Crippen molar-refractivity contribution in [3.05, 3.63) is 71.2 Å². The second kappa shape index (κ2) is 7.89. The van der Waals surface area contributed by atoms with E-state index in [4.69, 9.17) is 16.1 Å². The minimum atomic E-state index is -0.326. The zero-order valence-electron chi connectivity index (χ0n) is 15.9. The van der Waals surface area contributed by atoms with Gasteiger partial charge in [-0.3, -0.25) is 4.79 Å². The first-order valence-electron chi connectivity index (χ1n) is 9.09. The fourth-order valence-corrected chi connectivity index (χ4v) is 3.34. The smallest absolute Gasteiger partial charge is 0.261 e. The minimum absolute atomic E-state index is 0.326. The number of rotatable bonds is 5. The number of aromatic nitrogens is 4. The van der Waals surface area contributed by atoms with Crippen LogP contribution in [0.5, 0.6) is 0 Å². The van der Waals surface area contributed by atoms with Crippen molar-refractivity contribution in [2.24, 2.45) is 0 Å². The Balaban J connectivity index is 1.66. The number of hydrogen-bond donors (Lipinski definition) is 1. The maximum atomic E-state index is 13.0. The number of halogens is 1. The van der Waals surface area contributed by atoms with Gasteiger partial charge in [0.15, 0.2) is 5.82 Å². The van der Waals surface area contributed by atoms with Gasteiger partial charge in [-0.1, -0.05) is 47.1 Å². The second-order valence-corrected chi connectivity index (χ2v) is 6.82. The largest absolute Gasteiger partial charge is 0.360 e. The molecule has 0 atom stereocenters. The molecule has 0 spiro atoms. The molecule has 0 bridgehead atoms. The van der Waals surface area contributed by atoms with Gasteiger partial charge in [0.05, 0.1) is 5.02 Å². The summed E-state index contributed by atoms with van der Waals surface area (Å²) in [5.41, 5.74) is 2.88. The lowest BCUT2D eigenvalue weighted by molar-refractivity contribution is 0.102. The quantitative estimate of drug-likeness (QED) is 0.511. The molecule has 2 heterocycles. The van der Waals surface area contributed by atoms with Gasteiger partial charge in [-0.05, 0) is 32.0 Å². The Morgan fingerprint density at radius 1 is 1.21 bits per heavy atom. The Kier molecular flexibility index (Phi) is 5.14. The molecule has 146 valence electrons. The summed E-state index contributed by atoms with van der Waals surface area (Å²) in [6, 6.07) is 14.6. The number of amides is 1. The van der Waals surface area contributed by atoms with Gasteiger partial charge in [0.25, 0.3) is 5.91 Å². The van der Waals surface area contributed by atoms with E-state index in [0.717, 1.165) is 17.9 Å². The van der Waals surface area contributed by atoms with Crippen LogP contribution in [0.1, 0.15) is 23.0 Å². The van der Waals surface area contributed by atoms with Crippen molar-refractivity contribution in [2.75, 3.05) is 5.32 Å². The van der Waals surface area contributed by atoms with Gasteiger partial charge < -0.3 is 14.4 Å². The summed E-state index contributed by atoms with van der Waals surface area (Å²) in [4.78, 5) is 13.0. The number of carbonyl (C=O) groups excluding carboxylic acids is 1. The Labute approximate surface area is 172 Å². The normalized spacial score (nSPS) is 10.9. The molecule has 0 aliphatic heterocycles. The van der Waals surface area contributed by atoms with Crippen molar-refractivity contribution in [3.63, 3.8) is 0 Å². The molecular formula is C21H18ClN5O2. The molecule has 0 aliphatic carbocycles. The summed E-state index contributed by atoms with van der Waals surface area (Å²) in [6.45, 7) is 4.46. The maximum Gasteiger partial charge on any atom is 0.261 e. The number of nitrogens with one attached hydrogen (secondary N) is 1.